The average molecular weight is 557 g/mol. The van der Waals surface area contributed by atoms with Crippen molar-refractivity contribution in [2.45, 2.75) is 64.8 Å². The third kappa shape index (κ3) is 5.41. The quantitative estimate of drug-likeness (QED) is 0.249. The molecule has 2 aliphatic heterocycles. The summed E-state index contributed by atoms with van der Waals surface area (Å²) in [7, 11) is 0. The molecule has 6 heterocycles. The number of hydrogen-bond acceptors (Lipinski definition) is 8. The van der Waals surface area contributed by atoms with Gasteiger partial charge in [0, 0.05) is 48.5 Å². The molecule has 10 heteroatoms. The van der Waals surface area contributed by atoms with E-state index in [1.165, 1.54) is 6.07 Å². The minimum atomic E-state index is -0.367. The summed E-state index contributed by atoms with van der Waals surface area (Å²) >= 11 is 0. The first-order chi connectivity index (χ1) is 20.0. The van der Waals surface area contributed by atoms with Crippen molar-refractivity contribution >= 4 is 22.3 Å². The van der Waals surface area contributed by atoms with Crippen LogP contribution in [0.25, 0.3) is 22.3 Å². The first-order valence-corrected chi connectivity index (χ1v) is 14.3. The van der Waals surface area contributed by atoms with Gasteiger partial charge in [0.2, 0.25) is 5.88 Å². The molecule has 0 aliphatic carbocycles. The first kappa shape index (κ1) is 26.0. The van der Waals surface area contributed by atoms with Crippen molar-refractivity contribution in [2.75, 3.05) is 19.7 Å². The van der Waals surface area contributed by atoms with Gasteiger partial charge < -0.3 is 18.5 Å². The summed E-state index contributed by atoms with van der Waals surface area (Å²) in [5, 5.41) is 0. The van der Waals surface area contributed by atoms with Gasteiger partial charge in [0.15, 0.2) is 17.1 Å². The summed E-state index contributed by atoms with van der Waals surface area (Å²) in [4.78, 5) is 21.2. The number of ether oxygens (including phenoxy) is 2. The van der Waals surface area contributed by atoms with E-state index in [0.717, 1.165) is 80.4 Å². The second kappa shape index (κ2) is 10.8. The fourth-order valence-corrected chi connectivity index (χ4v) is 5.78. The zero-order valence-corrected chi connectivity index (χ0v) is 23.3. The molecule has 9 nitrogen and oxygen atoms in total. The number of hydrogen-bond donors (Lipinski definition) is 0. The Labute approximate surface area is 237 Å². The van der Waals surface area contributed by atoms with Gasteiger partial charge in [-0.15, -0.1) is 0 Å². The van der Waals surface area contributed by atoms with E-state index in [1.807, 2.05) is 25.1 Å². The fourth-order valence-electron chi connectivity index (χ4n) is 5.78. The van der Waals surface area contributed by atoms with Crippen molar-refractivity contribution in [3.63, 3.8) is 0 Å². The molecule has 2 fully saturated rings. The van der Waals surface area contributed by atoms with E-state index in [4.69, 9.17) is 28.8 Å². The Hall–Kier alpha value is -3.89. The number of oxazole rings is 1. The van der Waals surface area contributed by atoms with Crippen LogP contribution in [0.5, 0.6) is 5.88 Å². The van der Waals surface area contributed by atoms with E-state index in [0.29, 0.717) is 34.4 Å². The third-order valence-electron chi connectivity index (χ3n) is 8.15. The average Bonchev–Trinajstić information content (AvgIpc) is 3.47. The Morgan fingerprint density at radius 3 is 2.63 bits per heavy atom. The molecule has 0 saturated carbocycles. The molecule has 0 amide bonds. The molecule has 2 saturated heterocycles. The Morgan fingerprint density at radius 1 is 0.976 bits per heavy atom. The summed E-state index contributed by atoms with van der Waals surface area (Å²) in [5.41, 5.74) is 5.36. The minimum absolute atomic E-state index is 0.0672. The standard InChI is InChI=1S/C31H33FN6O3/c1-19-6-7-26-31(33-19)38(16-23-10-13-39-23)29(35-26)17-37-11-8-21(9-12-37)25-4-3-5-30(36-25)40-18-22-14-28-27(15-24(22)32)34-20(2)41-28/h3-7,14-15,21,23H,8-13,16-18H2,1-2H3. The summed E-state index contributed by atoms with van der Waals surface area (Å²) in [6, 6.07) is 13.0. The highest BCUT2D eigenvalue weighted by Crippen LogP contribution is 2.30. The van der Waals surface area contributed by atoms with Crippen LogP contribution in [0.15, 0.2) is 46.9 Å². The van der Waals surface area contributed by atoms with Crippen LogP contribution < -0.4 is 4.74 Å². The number of pyridine rings is 2. The molecule has 1 atom stereocenters. The smallest absolute Gasteiger partial charge is 0.213 e. The molecule has 1 unspecified atom stereocenters. The van der Waals surface area contributed by atoms with Crippen molar-refractivity contribution < 1.29 is 18.3 Å². The zero-order valence-electron chi connectivity index (χ0n) is 23.3. The lowest BCUT2D eigenvalue weighted by atomic mass is 9.93. The largest absolute Gasteiger partial charge is 0.473 e. The molecule has 4 aromatic heterocycles. The van der Waals surface area contributed by atoms with E-state index >= 15 is 0 Å². The Bertz CT molecular complexity index is 1700. The number of rotatable bonds is 8. The van der Waals surface area contributed by atoms with Crippen molar-refractivity contribution in [1.82, 2.24) is 29.4 Å². The molecule has 0 N–H and O–H groups in total. The van der Waals surface area contributed by atoms with Gasteiger partial charge in [0.1, 0.15) is 29.3 Å². The maximum Gasteiger partial charge on any atom is 0.213 e. The lowest BCUT2D eigenvalue weighted by molar-refractivity contribution is -0.0593. The molecule has 0 bridgehead atoms. The molecule has 212 valence electrons. The van der Waals surface area contributed by atoms with Crippen molar-refractivity contribution in [3.05, 3.63) is 76.9 Å². The number of aromatic nitrogens is 5. The van der Waals surface area contributed by atoms with Gasteiger partial charge in [0.25, 0.3) is 0 Å². The monoisotopic (exact) mass is 556 g/mol. The summed E-state index contributed by atoms with van der Waals surface area (Å²) in [6.07, 6.45) is 3.31. The minimum Gasteiger partial charge on any atom is -0.473 e. The fraction of sp³-hybridized carbons (Fsp3) is 0.419. The molecule has 1 aromatic carbocycles. The maximum absolute atomic E-state index is 14.6. The predicted octanol–water partition coefficient (Wildman–Crippen LogP) is 5.47. The highest BCUT2D eigenvalue weighted by molar-refractivity contribution is 5.73. The molecule has 5 aromatic rings. The summed E-state index contributed by atoms with van der Waals surface area (Å²) in [6.45, 7) is 8.15. The lowest BCUT2D eigenvalue weighted by Gasteiger charge is -2.32. The highest BCUT2D eigenvalue weighted by atomic mass is 19.1. The van der Waals surface area contributed by atoms with E-state index in [9.17, 15) is 4.39 Å². The van der Waals surface area contributed by atoms with Crippen molar-refractivity contribution in [1.29, 1.82) is 0 Å². The summed E-state index contributed by atoms with van der Waals surface area (Å²) < 4.78 is 34.0. The first-order valence-electron chi connectivity index (χ1n) is 14.3. The topological polar surface area (TPSA) is 91.3 Å². The number of likely N-dealkylation sites (tertiary alicyclic amines) is 1. The molecule has 41 heavy (non-hydrogen) atoms. The van der Waals surface area contributed by atoms with E-state index in [2.05, 4.69) is 26.6 Å². The Morgan fingerprint density at radius 2 is 1.83 bits per heavy atom. The normalized spacial score (nSPS) is 18.3. The second-order valence-corrected chi connectivity index (χ2v) is 11.1. The number of aryl methyl sites for hydroxylation is 2. The lowest BCUT2D eigenvalue weighted by Crippen LogP contribution is -2.35. The third-order valence-corrected chi connectivity index (χ3v) is 8.15. The van der Waals surface area contributed by atoms with Gasteiger partial charge in [-0.25, -0.2) is 24.3 Å². The molecular weight excluding hydrogens is 523 g/mol. The Balaban J connectivity index is 0.996. The van der Waals surface area contributed by atoms with Gasteiger partial charge in [-0.1, -0.05) is 6.07 Å². The molecular formula is C31H33FN6O3. The van der Waals surface area contributed by atoms with Gasteiger partial charge in [-0.2, -0.15) is 0 Å². The van der Waals surface area contributed by atoms with Crippen LogP contribution in [0.1, 0.15) is 53.8 Å². The zero-order chi connectivity index (χ0) is 27.9. The summed E-state index contributed by atoms with van der Waals surface area (Å²) in [5.74, 6) is 2.02. The van der Waals surface area contributed by atoms with E-state index in [-0.39, 0.29) is 18.5 Å². The van der Waals surface area contributed by atoms with Crippen LogP contribution in [0, 0.1) is 19.7 Å². The number of fused-ring (bicyclic) bond motifs is 2. The Kier molecular flexibility index (Phi) is 6.88. The predicted molar refractivity (Wildman–Crippen MR) is 151 cm³/mol. The van der Waals surface area contributed by atoms with Crippen LogP contribution in [-0.2, 0) is 24.4 Å². The van der Waals surface area contributed by atoms with Crippen LogP contribution >= 0.6 is 0 Å². The molecule has 0 spiro atoms. The van der Waals surface area contributed by atoms with Gasteiger partial charge in [-0.3, -0.25) is 4.90 Å². The molecule has 7 rings (SSSR count). The number of piperidine rings is 1. The molecule has 0 radical (unpaired) electrons. The van der Waals surface area contributed by atoms with Crippen molar-refractivity contribution in [3.8, 4) is 5.88 Å². The van der Waals surface area contributed by atoms with Crippen LogP contribution in [0.2, 0.25) is 0 Å². The van der Waals surface area contributed by atoms with Gasteiger partial charge in [0.05, 0.1) is 19.2 Å². The molecule has 2 aliphatic rings. The number of halogens is 1. The van der Waals surface area contributed by atoms with E-state index in [1.54, 1.807) is 13.0 Å². The SMILES string of the molecule is Cc1ccc2nc(CN3CCC(c4cccc(OCc5cc6oc(C)nc6cc5F)n4)CC3)n(CC3CCO3)c2n1. The van der Waals surface area contributed by atoms with Crippen LogP contribution in [-0.4, -0.2) is 55.2 Å². The highest BCUT2D eigenvalue weighted by Gasteiger charge is 2.26. The van der Waals surface area contributed by atoms with Crippen LogP contribution in [0.4, 0.5) is 4.39 Å². The second-order valence-electron chi connectivity index (χ2n) is 11.1. The number of benzene rings is 1. The van der Waals surface area contributed by atoms with E-state index < -0.39 is 0 Å². The van der Waals surface area contributed by atoms with Gasteiger partial charge in [-0.05, 0) is 63.5 Å². The maximum atomic E-state index is 14.6. The van der Waals surface area contributed by atoms with Crippen LogP contribution in [0.3, 0.4) is 0 Å². The number of imidazole rings is 1. The number of nitrogens with zero attached hydrogens (tertiary/aromatic N) is 6. The van der Waals surface area contributed by atoms with Crippen molar-refractivity contribution in [2.24, 2.45) is 0 Å². The van der Waals surface area contributed by atoms with Gasteiger partial charge >= 0.3 is 0 Å².